The van der Waals surface area contributed by atoms with Crippen molar-refractivity contribution < 1.29 is 19.1 Å². The van der Waals surface area contributed by atoms with Crippen LogP contribution in [0.4, 0.5) is 0 Å². The highest BCUT2D eigenvalue weighted by Gasteiger charge is 2.34. The number of allylic oxidation sites excluding steroid dienone is 1. The Morgan fingerprint density at radius 1 is 1.09 bits per heavy atom. The molecule has 0 spiro atoms. The van der Waals surface area contributed by atoms with Crippen molar-refractivity contribution in [2.75, 3.05) is 19.7 Å². The quantitative estimate of drug-likeness (QED) is 0.279. The van der Waals surface area contributed by atoms with Crippen molar-refractivity contribution in [3.8, 4) is 5.75 Å². The Labute approximate surface area is 259 Å². The molecule has 44 heavy (non-hydrogen) atoms. The first kappa shape index (κ1) is 29.6. The summed E-state index contributed by atoms with van der Waals surface area (Å²) in [5, 5.41) is 0.952. The number of ether oxygens (including phenoxy) is 2. The van der Waals surface area contributed by atoms with Gasteiger partial charge in [0.25, 0.3) is 5.56 Å². The molecule has 10 heteroatoms. The fraction of sp³-hybridized carbons (Fsp3) is 0.353. The van der Waals surface area contributed by atoms with Crippen LogP contribution in [0.25, 0.3) is 17.0 Å². The zero-order chi connectivity index (χ0) is 31.0. The number of fused-ring (bicyclic) bond motifs is 2. The third-order valence-electron chi connectivity index (χ3n) is 7.96. The van der Waals surface area contributed by atoms with Gasteiger partial charge >= 0.3 is 5.97 Å². The summed E-state index contributed by atoms with van der Waals surface area (Å²) in [5.41, 5.74) is 3.12. The van der Waals surface area contributed by atoms with Crippen LogP contribution in [-0.2, 0) is 20.9 Å². The molecule has 1 atom stereocenters. The highest BCUT2D eigenvalue weighted by molar-refractivity contribution is 7.07. The molecule has 0 aliphatic carbocycles. The van der Waals surface area contributed by atoms with Crippen LogP contribution in [0.2, 0.25) is 0 Å². The molecule has 2 aromatic carbocycles. The van der Waals surface area contributed by atoms with Crippen molar-refractivity contribution in [2.45, 2.75) is 59.2 Å². The number of likely N-dealkylation sites (tertiary alicyclic amines) is 1. The highest BCUT2D eigenvalue weighted by Crippen LogP contribution is 2.32. The van der Waals surface area contributed by atoms with Crippen LogP contribution < -0.4 is 19.6 Å². The number of amides is 1. The lowest BCUT2D eigenvalue weighted by atomic mass is 9.96. The Kier molecular flexibility index (Phi) is 8.27. The summed E-state index contributed by atoms with van der Waals surface area (Å²) in [6.07, 6.45) is 5.56. The number of benzene rings is 2. The van der Waals surface area contributed by atoms with Crippen molar-refractivity contribution in [2.24, 2.45) is 4.99 Å². The van der Waals surface area contributed by atoms with E-state index in [9.17, 15) is 14.4 Å². The van der Waals surface area contributed by atoms with Crippen molar-refractivity contribution >= 4 is 40.2 Å². The maximum absolute atomic E-state index is 14.2. The van der Waals surface area contributed by atoms with Gasteiger partial charge in [0.2, 0.25) is 5.91 Å². The molecule has 4 heterocycles. The molecular weight excluding hydrogens is 576 g/mol. The topological polar surface area (TPSA) is 95.1 Å². The van der Waals surface area contributed by atoms with E-state index in [1.54, 1.807) is 25.3 Å². The van der Waals surface area contributed by atoms with Crippen molar-refractivity contribution in [1.29, 1.82) is 0 Å². The van der Waals surface area contributed by atoms with Crippen molar-refractivity contribution in [1.82, 2.24) is 14.0 Å². The van der Waals surface area contributed by atoms with Crippen LogP contribution in [0, 0.1) is 0 Å². The number of hydrogen-bond donors (Lipinski definition) is 0. The molecule has 0 saturated carbocycles. The van der Waals surface area contributed by atoms with Crippen molar-refractivity contribution in [3.63, 3.8) is 0 Å². The number of carbonyl (C=O) groups excluding carboxylic acids is 2. The van der Waals surface area contributed by atoms with E-state index in [1.807, 2.05) is 77.2 Å². The largest absolute Gasteiger partial charge is 0.494 e. The minimum atomic E-state index is -0.713. The molecule has 9 nitrogen and oxygen atoms in total. The molecule has 2 aliphatic rings. The summed E-state index contributed by atoms with van der Waals surface area (Å²) < 4.78 is 15.3. The molecule has 4 aromatic rings. The predicted octanol–water partition coefficient (Wildman–Crippen LogP) is 4.16. The third kappa shape index (κ3) is 5.61. The van der Waals surface area contributed by atoms with Crippen LogP contribution in [0.1, 0.15) is 57.7 Å². The number of nitrogens with zero attached hydrogens (tertiary/aromatic N) is 4. The van der Waals surface area contributed by atoms with Gasteiger partial charge in [0.05, 0.1) is 34.6 Å². The molecule has 1 amide bonds. The zero-order valence-corrected chi connectivity index (χ0v) is 26.2. The molecule has 6 rings (SSSR count). The molecule has 228 valence electrons. The van der Waals surface area contributed by atoms with Gasteiger partial charge in [-0.25, -0.2) is 9.79 Å². The maximum Gasteiger partial charge on any atom is 0.338 e. The molecule has 2 aliphatic heterocycles. The second-order valence-electron chi connectivity index (χ2n) is 11.4. The van der Waals surface area contributed by atoms with Crippen LogP contribution in [0.5, 0.6) is 5.75 Å². The molecule has 2 aromatic heterocycles. The van der Waals surface area contributed by atoms with Gasteiger partial charge in [-0.05, 0) is 70.4 Å². The van der Waals surface area contributed by atoms with E-state index in [0.717, 1.165) is 48.0 Å². The average molecular weight is 613 g/mol. The van der Waals surface area contributed by atoms with Gasteiger partial charge in [-0.2, -0.15) is 0 Å². The van der Waals surface area contributed by atoms with Crippen LogP contribution in [0.15, 0.2) is 75.8 Å². The first-order chi connectivity index (χ1) is 21.2. The summed E-state index contributed by atoms with van der Waals surface area (Å²) in [7, 11) is 0. The second kappa shape index (κ2) is 12.3. The van der Waals surface area contributed by atoms with E-state index in [-0.39, 0.29) is 24.1 Å². The second-order valence-corrected chi connectivity index (χ2v) is 12.4. The van der Waals surface area contributed by atoms with E-state index in [2.05, 4.69) is 0 Å². The zero-order valence-electron chi connectivity index (χ0n) is 25.4. The fourth-order valence-corrected chi connectivity index (χ4v) is 7.00. The van der Waals surface area contributed by atoms with E-state index >= 15 is 0 Å². The predicted molar refractivity (Wildman–Crippen MR) is 170 cm³/mol. The molecule has 0 N–H and O–H groups in total. The number of esters is 1. The van der Waals surface area contributed by atoms with E-state index in [1.165, 1.54) is 11.3 Å². The SMILES string of the molecule is CCOc1ccc([C@@H]2C(C(=O)OC(C)C)=C(C)N=c3s/c(=C\c4cn(CC(=O)N5CCCC5)c5ccccc45)c(=O)n32)cc1. The molecule has 1 saturated heterocycles. The average Bonchev–Trinajstić information content (AvgIpc) is 3.72. The lowest BCUT2D eigenvalue weighted by Gasteiger charge is -2.25. The standard InChI is InChI=1S/C34H36N4O5S/c1-5-42-25-14-12-23(13-15-25)31-30(33(41)43-21(2)3)22(4)35-34-38(31)32(40)28(44-34)18-24-19-37(27-11-7-6-10-26(24)27)20-29(39)36-16-8-9-17-36/h6-7,10-15,18-19,21,31H,5,8-9,16-17,20H2,1-4H3/b28-18-/t31-/m1/s1. The number of aromatic nitrogens is 2. The van der Waals surface area contributed by atoms with Gasteiger partial charge in [-0.3, -0.25) is 14.2 Å². The number of thiazole rings is 1. The van der Waals surface area contributed by atoms with Gasteiger partial charge in [0.1, 0.15) is 12.3 Å². The normalized spacial score (nSPS) is 16.9. The van der Waals surface area contributed by atoms with Gasteiger partial charge < -0.3 is 18.9 Å². The Morgan fingerprint density at radius 3 is 2.52 bits per heavy atom. The smallest absolute Gasteiger partial charge is 0.338 e. The number of rotatable bonds is 8. The monoisotopic (exact) mass is 612 g/mol. The molecule has 1 fully saturated rings. The molecule has 0 radical (unpaired) electrons. The summed E-state index contributed by atoms with van der Waals surface area (Å²) in [6, 6.07) is 14.6. The van der Waals surface area contributed by atoms with Crippen molar-refractivity contribution in [3.05, 3.63) is 96.8 Å². The van der Waals surface area contributed by atoms with Gasteiger partial charge in [-0.15, -0.1) is 0 Å². The maximum atomic E-state index is 14.2. The van der Waals surface area contributed by atoms with Crippen LogP contribution in [0.3, 0.4) is 0 Å². The first-order valence-corrected chi connectivity index (χ1v) is 15.9. The molecule has 0 bridgehead atoms. The molecule has 0 unspecified atom stereocenters. The minimum Gasteiger partial charge on any atom is -0.494 e. The third-order valence-corrected chi connectivity index (χ3v) is 8.94. The summed E-state index contributed by atoms with van der Waals surface area (Å²) in [4.78, 5) is 47.7. The van der Waals surface area contributed by atoms with Gasteiger partial charge in [0, 0.05) is 35.8 Å². The van der Waals surface area contributed by atoms with E-state index in [0.29, 0.717) is 33.0 Å². The van der Waals surface area contributed by atoms with Crippen LogP contribution in [-0.4, -0.2) is 51.7 Å². The highest BCUT2D eigenvalue weighted by atomic mass is 32.1. The lowest BCUT2D eigenvalue weighted by Crippen LogP contribution is -2.40. The van der Waals surface area contributed by atoms with E-state index < -0.39 is 12.0 Å². The number of carbonyl (C=O) groups is 2. The Bertz CT molecular complexity index is 1940. The van der Waals surface area contributed by atoms with E-state index in [4.69, 9.17) is 14.5 Å². The first-order valence-electron chi connectivity index (χ1n) is 15.1. The Balaban J connectivity index is 1.46. The molecular formula is C34H36N4O5S. The number of hydrogen-bond acceptors (Lipinski definition) is 7. The lowest BCUT2D eigenvalue weighted by molar-refractivity contribution is -0.143. The Morgan fingerprint density at radius 2 is 1.82 bits per heavy atom. The summed E-state index contributed by atoms with van der Waals surface area (Å²) >= 11 is 1.28. The van der Waals surface area contributed by atoms with Gasteiger partial charge in [0.15, 0.2) is 4.80 Å². The summed E-state index contributed by atoms with van der Waals surface area (Å²) in [5.74, 6) is 0.302. The number of para-hydroxylation sites is 1. The fourth-order valence-electron chi connectivity index (χ4n) is 5.96. The minimum absolute atomic E-state index is 0.0980. The van der Waals surface area contributed by atoms with Gasteiger partial charge in [-0.1, -0.05) is 41.7 Å². The Hall–Kier alpha value is -4.44. The van der Waals surface area contributed by atoms with Crippen LogP contribution >= 0.6 is 11.3 Å². The summed E-state index contributed by atoms with van der Waals surface area (Å²) in [6.45, 7) is 9.66.